The second-order valence-electron chi connectivity index (χ2n) is 15.6. The highest BCUT2D eigenvalue weighted by Crippen LogP contribution is 2.53. The van der Waals surface area contributed by atoms with E-state index in [9.17, 15) is 0 Å². The average Bonchev–Trinajstić information content (AvgIpc) is 2.92. The summed E-state index contributed by atoms with van der Waals surface area (Å²) in [5.41, 5.74) is 0. The van der Waals surface area contributed by atoms with Gasteiger partial charge < -0.3 is 10.6 Å². The van der Waals surface area contributed by atoms with Crippen LogP contribution in [0.25, 0.3) is 0 Å². The summed E-state index contributed by atoms with van der Waals surface area (Å²) < 4.78 is 0. The van der Waals surface area contributed by atoms with E-state index in [0.717, 1.165) is 59.2 Å². The fraction of sp³-hybridized carbons (Fsp3) is 0.946. The quantitative estimate of drug-likeness (QED) is 0.226. The highest BCUT2D eigenvalue weighted by Gasteiger charge is 2.49. The number of unbranched alkanes of at least 4 members (excludes halogenated alkanes) is 1. The maximum absolute atomic E-state index is 4.37. The van der Waals surface area contributed by atoms with Gasteiger partial charge >= 0.3 is 0 Å². The Hall–Kier alpha value is -0.340. The maximum Gasteiger partial charge on any atom is 0.0101 e. The van der Waals surface area contributed by atoms with Crippen molar-refractivity contribution in [2.75, 3.05) is 19.6 Å². The van der Waals surface area contributed by atoms with E-state index in [-0.39, 0.29) is 0 Å². The van der Waals surface area contributed by atoms with E-state index in [0.29, 0.717) is 23.8 Å². The summed E-state index contributed by atoms with van der Waals surface area (Å²) in [7, 11) is 0. The van der Waals surface area contributed by atoms with E-state index in [4.69, 9.17) is 0 Å². The van der Waals surface area contributed by atoms with Gasteiger partial charge in [-0.15, -0.1) is 6.58 Å². The summed E-state index contributed by atoms with van der Waals surface area (Å²) in [6, 6.07) is 0.657. The third kappa shape index (κ3) is 8.15. The average molecular weight is 543 g/mol. The Morgan fingerprint density at radius 2 is 1.62 bits per heavy atom. The van der Waals surface area contributed by atoms with Crippen LogP contribution in [0.4, 0.5) is 0 Å². The molecule has 0 spiro atoms. The molecule has 2 nitrogen and oxygen atoms in total. The third-order valence-corrected chi connectivity index (χ3v) is 12.4. The summed E-state index contributed by atoms with van der Waals surface area (Å²) in [5.74, 6) is 10.2. The molecule has 0 aromatic heterocycles. The predicted octanol–water partition coefficient (Wildman–Crippen LogP) is 9.46. The second kappa shape index (κ2) is 15.8. The Labute approximate surface area is 245 Å². The molecule has 0 radical (unpaired) electrons. The van der Waals surface area contributed by atoms with Crippen LogP contribution in [-0.2, 0) is 0 Å². The monoisotopic (exact) mass is 543 g/mol. The van der Waals surface area contributed by atoms with E-state index >= 15 is 0 Å². The molecular formula is C37H70N2. The van der Waals surface area contributed by atoms with E-state index in [1.807, 2.05) is 0 Å². The molecule has 1 saturated carbocycles. The number of allylic oxidation sites excluding steroid dienone is 1. The molecule has 2 heteroatoms. The number of hydrogen-bond acceptors (Lipinski definition) is 2. The molecule has 0 aromatic rings. The second-order valence-corrected chi connectivity index (χ2v) is 15.6. The van der Waals surface area contributed by atoms with Crippen LogP contribution in [0.5, 0.6) is 0 Å². The standard InChI is InChI=1S/C37H70N2/c1-11-13-15-28(9)36(35-27(8)16-14-17-31(35)24(3)4)37(34(25(5)6)26(7)12-2)33-19-18-30(23-39-33)32-20-21-38-22-29(32)10/h12,24-39H,2,11,13-23H2,1,3-10H3. The number of rotatable bonds is 13. The van der Waals surface area contributed by atoms with Crippen LogP contribution < -0.4 is 10.6 Å². The molecule has 2 heterocycles. The molecule has 12 unspecified atom stereocenters. The minimum Gasteiger partial charge on any atom is -0.316 e. The smallest absolute Gasteiger partial charge is 0.0101 e. The Kier molecular flexibility index (Phi) is 13.4. The van der Waals surface area contributed by atoms with Gasteiger partial charge in [-0.25, -0.2) is 0 Å². The van der Waals surface area contributed by atoms with Crippen molar-refractivity contribution in [3.8, 4) is 0 Å². The molecule has 3 rings (SSSR count). The molecule has 0 aromatic carbocycles. The lowest BCUT2D eigenvalue weighted by Gasteiger charge is -2.54. The SMILES string of the molecule is C=CC(C)C(C(C)C)C(C1CCC(C2CCNCC2C)CN1)C(C(C)CCCC)C1C(C)CCCC1C(C)C. The lowest BCUT2D eigenvalue weighted by molar-refractivity contribution is -0.0424. The van der Waals surface area contributed by atoms with Crippen molar-refractivity contribution >= 4 is 0 Å². The Morgan fingerprint density at radius 1 is 0.872 bits per heavy atom. The van der Waals surface area contributed by atoms with Crippen molar-refractivity contribution in [3.63, 3.8) is 0 Å². The van der Waals surface area contributed by atoms with Crippen LogP contribution in [0.3, 0.4) is 0 Å². The molecule has 3 fully saturated rings. The minimum atomic E-state index is 0.566. The lowest BCUT2D eigenvalue weighted by Crippen LogP contribution is -2.55. The third-order valence-electron chi connectivity index (χ3n) is 12.4. The first-order valence-electron chi connectivity index (χ1n) is 17.7. The maximum atomic E-state index is 4.37. The van der Waals surface area contributed by atoms with Gasteiger partial charge in [-0.1, -0.05) is 100 Å². The van der Waals surface area contributed by atoms with Crippen molar-refractivity contribution in [1.29, 1.82) is 0 Å². The van der Waals surface area contributed by atoms with Gasteiger partial charge in [-0.3, -0.25) is 0 Å². The van der Waals surface area contributed by atoms with Crippen LogP contribution in [0.15, 0.2) is 12.7 Å². The molecular weight excluding hydrogens is 472 g/mol. The van der Waals surface area contributed by atoms with Crippen molar-refractivity contribution in [3.05, 3.63) is 12.7 Å². The van der Waals surface area contributed by atoms with Crippen LogP contribution in [0, 0.1) is 76.9 Å². The summed E-state index contributed by atoms with van der Waals surface area (Å²) in [4.78, 5) is 0. The van der Waals surface area contributed by atoms with Gasteiger partial charge in [0.1, 0.15) is 0 Å². The Morgan fingerprint density at radius 3 is 2.18 bits per heavy atom. The number of hydrogen-bond donors (Lipinski definition) is 2. The highest BCUT2D eigenvalue weighted by molar-refractivity contribution is 5.02. The molecule has 0 amide bonds. The molecule has 12 atom stereocenters. The molecule has 1 aliphatic carbocycles. The van der Waals surface area contributed by atoms with Gasteiger partial charge in [0.15, 0.2) is 0 Å². The van der Waals surface area contributed by atoms with Crippen molar-refractivity contribution < 1.29 is 0 Å². The van der Waals surface area contributed by atoms with Crippen LogP contribution in [0.1, 0.15) is 120 Å². The van der Waals surface area contributed by atoms with Gasteiger partial charge in [0.05, 0.1) is 0 Å². The van der Waals surface area contributed by atoms with E-state index < -0.39 is 0 Å². The van der Waals surface area contributed by atoms with Crippen molar-refractivity contribution in [2.45, 2.75) is 126 Å². The van der Waals surface area contributed by atoms with Gasteiger partial charge in [-0.2, -0.15) is 0 Å². The zero-order chi connectivity index (χ0) is 28.7. The first-order valence-corrected chi connectivity index (χ1v) is 17.7. The molecule has 39 heavy (non-hydrogen) atoms. The van der Waals surface area contributed by atoms with Crippen LogP contribution in [0.2, 0.25) is 0 Å². The highest BCUT2D eigenvalue weighted by atomic mass is 15.0. The molecule has 2 aliphatic heterocycles. The fourth-order valence-corrected chi connectivity index (χ4v) is 10.3. The molecule has 0 bridgehead atoms. The topological polar surface area (TPSA) is 24.1 Å². The largest absolute Gasteiger partial charge is 0.316 e. The van der Waals surface area contributed by atoms with Gasteiger partial charge in [0.25, 0.3) is 0 Å². The Balaban J connectivity index is 2.00. The van der Waals surface area contributed by atoms with Crippen molar-refractivity contribution in [1.82, 2.24) is 10.6 Å². The van der Waals surface area contributed by atoms with Gasteiger partial charge in [0.2, 0.25) is 0 Å². The van der Waals surface area contributed by atoms with E-state index in [1.165, 1.54) is 77.4 Å². The van der Waals surface area contributed by atoms with E-state index in [1.54, 1.807) is 0 Å². The van der Waals surface area contributed by atoms with Crippen molar-refractivity contribution in [2.24, 2.45) is 76.9 Å². The first kappa shape index (κ1) is 33.2. The van der Waals surface area contributed by atoms with Gasteiger partial charge in [-0.05, 0) is 122 Å². The summed E-state index contributed by atoms with van der Waals surface area (Å²) in [5, 5.41) is 7.98. The van der Waals surface area contributed by atoms with Crippen LogP contribution >= 0.6 is 0 Å². The molecule has 2 saturated heterocycles. The molecule has 3 aliphatic rings. The normalized spacial score (nSPS) is 36.3. The minimum absolute atomic E-state index is 0.566. The Bertz CT molecular complexity index is 692. The predicted molar refractivity (Wildman–Crippen MR) is 173 cm³/mol. The first-order chi connectivity index (χ1) is 18.6. The summed E-state index contributed by atoms with van der Waals surface area (Å²) >= 11 is 0. The molecule has 228 valence electrons. The number of piperidine rings is 2. The lowest BCUT2D eigenvalue weighted by atomic mass is 9.52. The van der Waals surface area contributed by atoms with Crippen LogP contribution in [-0.4, -0.2) is 25.7 Å². The zero-order valence-electron chi connectivity index (χ0n) is 27.9. The summed E-state index contributed by atoms with van der Waals surface area (Å²) in [6.45, 7) is 30.9. The molecule has 2 N–H and O–H groups in total. The fourth-order valence-electron chi connectivity index (χ4n) is 10.3. The van der Waals surface area contributed by atoms with E-state index in [2.05, 4.69) is 85.6 Å². The number of nitrogens with one attached hydrogen (secondary N) is 2. The summed E-state index contributed by atoms with van der Waals surface area (Å²) in [6.07, 6.45) is 14.9. The zero-order valence-corrected chi connectivity index (χ0v) is 27.9. The van der Waals surface area contributed by atoms with Gasteiger partial charge in [0, 0.05) is 6.04 Å².